The molecule has 1 aliphatic rings. The number of aromatic carboxylic acids is 1. The Morgan fingerprint density at radius 3 is 2.53 bits per heavy atom. The minimum absolute atomic E-state index is 0.00945. The number of carboxylic acid groups (broad SMARTS) is 1. The van der Waals surface area contributed by atoms with Gasteiger partial charge < -0.3 is 9.84 Å². The van der Waals surface area contributed by atoms with Gasteiger partial charge in [0.1, 0.15) is 11.3 Å². The topological polar surface area (TPSA) is 79.7 Å². The van der Waals surface area contributed by atoms with E-state index in [1.807, 2.05) is 0 Å². The molecule has 0 atom stereocenters. The van der Waals surface area contributed by atoms with Crippen molar-refractivity contribution in [3.05, 3.63) is 29.1 Å². The molecule has 0 aliphatic carbocycles. The van der Waals surface area contributed by atoms with Gasteiger partial charge in [-0.2, -0.15) is 0 Å². The highest BCUT2D eigenvalue weighted by Gasteiger charge is 2.28. The van der Waals surface area contributed by atoms with Gasteiger partial charge in [-0.25, -0.2) is 14.6 Å². The average Bonchev–Trinajstić information content (AvgIpc) is 2.68. The molecule has 19 heavy (non-hydrogen) atoms. The van der Waals surface area contributed by atoms with Gasteiger partial charge in [0, 0.05) is 12.7 Å². The molecule has 1 amide bonds. The van der Waals surface area contributed by atoms with E-state index in [1.165, 1.54) is 17.2 Å². The molecule has 1 aromatic rings. The smallest absolute Gasteiger partial charge is 0.410 e. The molecule has 1 aromatic heterocycles. The zero-order valence-corrected chi connectivity index (χ0v) is 11.1. The van der Waals surface area contributed by atoms with Crippen LogP contribution in [0.5, 0.6) is 0 Å². The molecule has 0 fully saturated rings. The lowest BCUT2D eigenvalue weighted by Crippen LogP contribution is -2.33. The van der Waals surface area contributed by atoms with Crippen LogP contribution < -0.4 is 0 Å². The Bertz CT molecular complexity index is 534. The van der Waals surface area contributed by atoms with Crippen LogP contribution in [0.2, 0.25) is 0 Å². The highest BCUT2D eigenvalue weighted by molar-refractivity contribution is 5.85. The number of rotatable bonds is 1. The molecule has 0 saturated heterocycles. The predicted octanol–water partition coefficient (Wildman–Crippen LogP) is 2.03. The summed E-state index contributed by atoms with van der Waals surface area (Å²) in [7, 11) is 0. The standard InChI is InChI=1S/C13H16N2O4/c1-13(2,3)19-12(18)15-6-8-4-10(11(16)17)14-5-9(8)7-15/h4-5H,6-7H2,1-3H3,(H,16,17). The molecule has 0 saturated carbocycles. The van der Waals surface area contributed by atoms with Gasteiger partial charge in [-0.3, -0.25) is 4.90 Å². The molecule has 0 spiro atoms. The van der Waals surface area contributed by atoms with Crippen molar-refractivity contribution < 1.29 is 19.4 Å². The number of amides is 1. The molecular formula is C13H16N2O4. The van der Waals surface area contributed by atoms with Crippen molar-refractivity contribution in [2.24, 2.45) is 0 Å². The summed E-state index contributed by atoms with van der Waals surface area (Å²) >= 11 is 0. The number of carboxylic acids is 1. The number of ether oxygens (including phenoxy) is 1. The Morgan fingerprint density at radius 2 is 1.95 bits per heavy atom. The maximum Gasteiger partial charge on any atom is 0.410 e. The molecule has 1 N–H and O–H groups in total. The van der Waals surface area contributed by atoms with Gasteiger partial charge in [-0.05, 0) is 38.0 Å². The maximum absolute atomic E-state index is 11.9. The Hall–Kier alpha value is -2.11. The number of carbonyl (C=O) groups is 2. The van der Waals surface area contributed by atoms with E-state index in [-0.39, 0.29) is 5.69 Å². The molecule has 0 bridgehead atoms. The highest BCUT2D eigenvalue weighted by atomic mass is 16.6. The zero-order chi connectivity index (χ0) is 14.2. The van der Waals surface area contributed by atoms with Crippen LogP contribution in [-0.2, 0) is 17.8 Å². The fourth-order valence-electron chi connectivity index (χ4n) is 1.85. The molecule has 6 heteroatoms. The lowest BCUT2D eigenvalue weighted by Gasteiger charge is -2.24. The van der Waals surface area contributed by atoms with Gasteiger partial charge in [-0.15, -0.1) is 0 Å². The van der Waals surface area contributed by atoms with E-state index in [1.54, 1.807) is 20.8 Å². The van der Waals surface area contributed by atoms with E-state index in [2.05, 4.69) is 4.98 Å². The van der Waals surface area contributed by atoms with E-state index in [9.17, 15) is 9.59 Å². The SMILES string of the molecule is CC(C)(C)OC(=O)N1Cc2cnc(C(=O)O)cc2C1. The molecule has 102 valence electrons. The van der Waals surface area contributed by atoms with Crippen LogP contribution in [0.4, 0.5) is 4.79 Å². The van der Waals surface area contributed by atoms with Crippen molar-refractivity contribution in [2.45, 2.75) is 39.5 Å². The van der Waals surface area contributed by atoms with Crippen molar-refractivity contribution in [3.63, 3.8) is 0 Å². The van der Waals surface area contributed by atoms with Gasteiger partial charge in [0.15, 0.2) is 0 Å². The average molecular weight is 264 g/mol. The van der Waals surface area contributed by atoms with E-state index in [0.717, 1.165) is 11.1 Å². The summed E-state index contributed by atoms with van der Waals surface area (Å²) in [6.07, 6.45) is 1.10. The highest BCUT2D eigenvalue weighted by Crippen LogP contribution is 2.24. The minimum Gasteiger partial charge on any atom is -0.477 e. The first-order valence-corrected chi connectivity index (χ1v) is 5.95. The van der Waals surface area contributed by atoms with E-state index >= 15 is 0 Å². The van der Waals surface area contributed by atoms with Crippen LogP contribution in [0.3, 0.4) is 0 Å². The monoisotopic (exact) mass is 264 g/mol. The summed E-state index contributed by atoms with van der Waals surface area (Å²) in [5.41, 5.74) is 1.11. The van der Waals surface area contributed by atoms with Crippen molar-refractivity contribution in [2.75, 3.05) is 0 Å². The first-order valence-electron chi connectivity index (χ1n) is 5.95. The number of hydrogen-bond acceptors (Lipinski definition) is 4. The van der Waals surface area contributed by atoms with E-state index in [4.69, 9.17) is 9.84 Å². The van der Waals surface area contributed by atoms with Crippen LogP contribution >= 0.6 is 0 Å². The molecule has 6 nitrogen and oxygen atoms in total. The molecule has 2 rings (SSSR count). The number of pyridine rings is 1. The van der Waals surface area contributed by atoms with Crippen LogP contribution in [0.1, 0.15) is 42.4 Å². The van der Waals surface area contributed by atoms with Gasteiger partial charge in [0.25, 0.3) is 0 Å². The van der Waals surface area contributed by atoms with Gasteiger partial charge in [0.05, 0.1) is 6.54 Å². The summed E-state index contributed by atoms with van der Waals surface area (Å²) in [5, 5.41) is 8.88. The van der Waals surface area contributed by atoms with Crippen molar-refractivity contribution >= 4 is 12.1 Å². The van der Waals surface area contributed by atoms with Crippen LogP contribution in [0.15, 0.2) is 12.3 Å². The lowest BCUT2D eigenvalue weighted by molar-refractivity contribution is 0.0241. The summed E-state index contributed by atoms with van der Waals surface area (Å²) in [6.45, 7) is 6.17. The minimum atomic E-state index is -1.07. The lowest BCUT2D eigenvalue weighted by atomic mass is 10.1. The Labute approximate surface area is 111 Å². The second-order valence-electron chi connectivity index (χ2n) is 5.48. The predicted molar refractivity (Wildman–Crippen MR) is 66.7 cm³/mol. The Kier molecular flexibility index (Phi) is 3.18. The van der Waals surface area contributed by atoms with Crippen molar-refractivity contribution in [1.29, 1.82) is 0 Å². The second kappa shape index (κ2) is 4.53. The first-order chi connectivity index (χ1) is 8.76. The van der Waals surface area contributed by atoms with Crippen LogP contribution in [0, 0.1) is 0 Å². The number of carbonyl (C=O) groups excluding carboxylic acids is 1. The van der Waals surface area contributed by atoms with E-state index < -0.39 is 17.7 Å². The van der Waals surface area contributed by atoms with Gasteiger partial charge in [0.2, 0.25) is 0 Å². The summed E-state index contributed by atoms with van der Waals surface area (Å²) in [5.74, 6) is -1.07. The van der Waals surface area contributed by atoms with Gasteiger partial charge in [-0.1, -0.05) is 0 Å². The third-order valence-corrected chi connectivity index (χ3v) is 2.68. The largest absolute Gasteiger partial charge is 0.477 e. The quantitative estimate of drug-likeness (QED) is 0.839. The summed E-state index contributed by atoms with van der Waals surface area (Å²) < 4.78 is 5.28. The summed E-state index contributed by atoms with van der Waals surface area (Å²) in [4.78, 5) is 28.1. The third-order valence-electron chi connectivity index (χ3n) is 2.68. The first kappa shape index (κ1) is 13.3. The van der Waals surface area contributed by atoms with Crippen LogP contribution in [0.25, 0.3) is 0 Å². The summed E-state index contributed by atoms with van der Waals surface area (Å²) in [6, 6.07) is 1.50. The van der Waals surface area contributed by atoms with Crippen molar-refractivity contribution in [3.8, 4) is 0 Å². The molecule has 0 radical (unpaired) electrons. The maximum atomic E-state index is 11.9. The molecular weight excluding hydrogens is 248 g/mol. The normalized spacial score (nSPS) is 14.2. The molecule has 0 aromatic carbocycles. The Morgan fingerprint density at radius 1 is 1.32 bits per heavy atom. The van der Waals surface area contributed by atoms with Crippen molar-refractivity contribution in [1.82, 2.24) is 9.88 Å². The Balaban J connectivity index is 2.12. The zero-order valence-electron chi connectivity index (χ0n) is 11.1. The third kappa shape index (κ3) is 3.01. The fourth-order valence-corrected chi connectivity index (χ4v) is 1.85. The molecule has 0 unspecified atom stereocenters. The second-order valence-corrected chi connectivity index (χ2v) is 5.48. The molecule has 1 aliphatic heterocycles. The van der Waals surface area contributed by atoms with Gasteiger partial charge >= 0.3 is 12.1 Å². The molecule has 2 heterocycles. The fraction of sp³-hybridized carbons (Fsp3) is 0.462. The van der Waals surface area contributed by atoms with Crippen LogP contribution in [-0.4, -0.2) is 32.7 Å². The number of nitrogens with zero attached hydrogens (tertiary/aromatic N) is 2. The number of hydrogen-bond donors (Lipinski definition) is 1. The van der Waals surface area contributed by atoms with E-state index in [0.29, 0.717) is 13.1 Å². The number of fused-ring (bicyclic) bond motifs is 1. The number of aromatic nitrogens is 1.